The van der Waals surface area contributed by atoms with Crippen LogP contribution in [0.4, 0.5) is 0 Å². The molecule has 3 aromatic carbocycles. The number of nitrogens with zero attached hydrogens (tertiary/aromatic N) is 1. The molecule has 0 saturated heterocycles. The van der Waals surface area contributed by atoms with Gasteiger partial charge in [-0.2, -0.15) is 5.10 Å². The first-order chi connectivity index (χ1) is 15.3. The molecule has 0 atom stereocenters. The molecule has 0 bridgehead atoms. The van der Waals surface area contributed by atoms with Gasteiger partial charge in [-0.05, 0) is 71.1 Å². The summed E-state index contributed by atoms with van der Waals surface area (Å²) in [5.41, 5.74) is 5.19. The molecule has 0 aliphatic carbocycles. The van der Waals surface area contributed by atoms with Gasteiger partial charge in [0.05, 0.1) is 11.4 Å². The van der Waals surface area contributed by atoms with E-state index in [0.29, 0.717) is 0 Å². The molecule has 0 aliphatic rings. The van der Waals surface area contributed by atoms with E-state index < -0.39 is 0 Å². The number of nitrogens with one attached hydrogen (secondary N) is 2. The third kappa shape index (κ3) is 4.65. The molecule has 0 saturated carbocycles. The number of rotatable bonds is 6. The van der Waals surface area contributed by atoms with Crippen LogP contribution >= 0.6 is 0 Å². The van der Waals surface area contributed by atoms with Gasteiger partial charge in [0, 0.05) is 11.7 Å². The first kappa shape index (κ1) is 18.7. The zero-order valence-corrected chi connectivity index (χ0v) is 16.8. The number of aromatic amines is 2. The highest BCUT2D eigenvalue weighted by molar-refractivity contribution is 5.83. The molecule has 4 nitrogen and oxygen atoms in total. The van der Waals surface area contributed by atoms with Crippen LogP contribution < -0.4 is 4.74 Å². The summed E-state index contributed by atoms with van der Waals surface area (Å²) in [6.45, 7) is 0. The molecular formula is C27H21N3O. The zero-order valence-electron chi connectivity index (χ0n) is 16.8. The second kappa shape index (κ2) is 8.59. The Labute approximate surface area is 180 Å². The van der Waals surface area contributed by atoms with Crippen molar-refractivity contribution in [2.45, 2.75) is 0 Å². The number of benzene rings is 3. The second-order valence-corrected chi connectivity index (χ2v) is 7.22. The molecule has 0 spiro atoms. The summed E-state index contributed by atoms with van der Waals surface area (Å²) in [7, 11) is 0. The number of para-hydroxylation sites is 1. The summed E-state index contributed by atoms with van der Waals surface area (Å²) in [4.78, 5) is 3.24. The summed E-state index contributed by atoms with van der Waals surface area (Å²) in [5.74, 6) is 1.64. The Balaban J connectivity index is 1.22. The molecule has 2 N–H and O–H groups in total. The smallest absolute Gasteiger partial charge is 0.127 e. The van der Waals surface area contributed by atoms with Gasteiger partial charge in [0.15, 0.2) is 0 Å². The first-order valence-electron chi connectivity index (χ1n) is 10.1. The van der Waals surface area contributed by atoms with Crippen LogP contribution in [0.1, 0.15) is 22.5 Å². The molecule has 0 radical (unpaired) electrons. The lowest BCUT2D eigenvalue weighted by atomic mass is 10.1. The topological polar surface area (TPSA) is 53.7 Å². The fraction of sp³-hybridized carbons (Fsp3) is 0. The molecule has 31 heavy (non-hydrogen) atoms. The van der Waals surface area contributed by atoms with E-state index in [9.17, 15) is 0 Å². The Morgan fingerprint density at radius 2 is 1.45 bits per heavy atom. The Hall–Kier alpha value is -4.31. The van der Waals surface area contributed by atoms with Crippen LogP contribution in [0.15, 0.2) is 91.1 Å². The molecule has 2 heterocycles. The molecule has 2 aromatic heterocycles. The monoisotopic (exact) mass is 403 g/mol. The van der Waals surface area contributed by atoms with Crippen LogP contribution in [-0.2, 0) is 0 Å². The minimum absolute atomic E-state index is 0.815. The van der Waals surface area contributed by atoms with Crippen molar-refractivity contribution in [1.82, 2.24) is 15.2 Å². The predicted molar refractivity (Wildman–Crippen MR) is 128 cm³/mol. The molecular weight excluding hydrogens is 382 g/mol. The van der Waals surface area contributed by atoms with E-state index in [1.165, 1.54) is 5.39 Å². The maximum atomic E-state index is 5.83. The van der Waals surface area contributed by atoms with Crippen LogP contribution in [0.25, 0.3) is 35.2 Å². The van der Waals surface area contributed by atoms with Crippen molar-refractivity contribution in [3.63, 3.8) is 0 Å². The highest BCUT2D eigenvalue weighted by Gasteiger charge is 1.99. The highest BCUT2D eigenvalue weighted by Crippen LogP contribution is 2.22. The van der Waals surface area contributed by atoms with Crippen molar-refractivity contribution < 1.29 is 4.74 Å². The molecule has 5 aromatic rings. The summed E-state index contributed by atoms with van der Waals surface area (Å²) in [6, 6.07) is 28.2. The number of fused-ring (bicyclic) bond motifs is 1. The van der Waals surface area contributed by atoms with E-state index in [1.807, 2.05) is 85.1 Å². The minimum Gasteiger partial charge on any atom is -0.457 e. The lowest BCUT2D eigenvalue weighted by Crippen LogP contribution is -1.83. The average molecular weight is 403 g/mol. The van der Waals surface area contributed by atoms with Gasteiger partial charge in [-0.3, -0.25) is 5.10 Å². The molecule has 150 valence electrons. The van der Waals surface area contributed by atoms with Gasteiger partial charge in [0.25, 0.3) is 0 Å². The molecule has 0 unspecified atom stereocenters. The van der Waals surface area contributed by atoms with Crippen molar-refractivity contribution in [2.24, 2.45) is 0 Å². The largest absolute Gasteiger partial charge is 0.457 e. The Morgan fingerprint density at radius 1 is 0.677 bits per heavy atom. The number of hydrogen-bond acceptors (Lipinski definition) is 2. The molecule has 0 aliphatic heterocycles. The molecule has 5 rings (SSSR count). The predicted octanol–water partition coefficient (Wildman–Crippen LogP) is 7.02. The fourth-order valence-electron chi connectivity index (χ4n) is 3.33. The Bertz CT molecular complexity index is 1340. The van der Waals surface area contributed by atoms with Crippen molar-refractivity contribution in [1.29, 1.82) is 0 Å². The van der Waals surface area contributed by atoms with Gasteiger partial charge < -0.3 is 9.72 Å². The van der Waals surface area contributed by atoms with E-state index in [4.69, 9.17) is 4.74 Å². The third-order valence-electron chi connectivity index (χ3n) is 4.96. The van der Waals surface area contributed by atoms with Crippen molar-refractivity contribution >= 4 is 35.2 Å². The summed E-state index contributed by atoms with van der Waals surface area (Å²) < 4.78 is 5.83. The number of H-pyrrole nitrogens is 2. The lowest BCUT2D eigenvalue weighted by molar-refractivity contribution is 0.482. The van der Waals surface area contributed by atoms with Crippen LogP contribution in [0.5, 0.6) is 11.5 Å². The van der Waals surface area contributed by atoms with Gasteiger partial charge >= 0.3 is 0 Å². The van der Waals surface area contributed by atoms with E-state index in [0.717, 1.165) is 39.5 Å². The average Bonchev–Trinajstić information content (AvgIpc) is 3.47. The zero-order chi connectivity index (χ0) is 20.9. The van der Waals surface area contributed by atoms with Gasteiger partial charge in [-0.25, -0.2) is 0 Å². The number of hydrogen-bond donors (Lipinski definition) is 2. The summed E-state index contributed by atoms with van der Waals surface area (Å²) in [6.07, 6.45) is 10.1. The van der Waals surface area contributed by atoms with Gasteiger partial charge in [-0.1, -0.05) is 54.6 Å². The standard InChI is InChI=1S/C27H21N3O/c1-2-4-25(5-3-1)31-26-14-9-20(10-15-26)7-12-23-19-24(30-29-23)13-8-21-6-11-22-16-17-28-27(22)18-21/h1-19,28H,(H,29,30)/b12-7+,13-8+. The molecule has 4 heteroatoms. The van der Waals surface area contributed by atoms with Crippen LogP contribution in [-0.4, -0.2) is 15.2 Å². The summed E-state index contributed by atoms with van der Waals surface area (Å²) in [5, 5.41) is 8.64. The van der Waals surface area contributed by atoms with Gasteiger partial charge in [-0.15, -0.1) is 0 Å². The maximum absolute atomic E-state index is 5.83. The second-order valence-electron chi connectivity index (χ2n) is 7.22. The SMILES string of the molecule is C(=C\c1cc(/C=C/c2ccc3cc[nH]c3c2)n[nH]1)/c1ccc(Oc2ccccc2)cc1. The van der Waals surface area contributed by atoms with Gasteiger partial charge in [0.1, 0.15) is 11.5 Å². The summed E-state index contributed by atoms with van der Waals surface area (Å²) >= 11 is 0. The van der Waals surface area contributed by atoms with Crippen LogP contribution in [0.2, 0.25) is 0 Å². The van der Waals surface area contributed by atoms with E-state index in [-0.39, 0.29) is 0 Å². The quantitative estimate of drug-likeness (QED) is 0.320. The van der Waals surface area contributed by atoms with Gasteiger partial charge in [0.2, 0.25) is 0 Å². The Morgan fingerprint density at radius 3 is 2.32 bits per heavy atom. The number of ether oxygens (including phenoxy) is 1. The van der Waals surface area contributed by atoms with Crippen LogP contribution in [0.3, 0.4) is 0 Å². The highest BCUT2D eigenvalue weighted by atomic mass is 16.5. The van der Waals surface area contributed by atoms with Crippen LogP contribution in [0, 0.1) is 0 Å². The Kier molecular flexibility index (Phi) is 5.18. The van der Waals surface area contributed by atoms with E-state index in [2.05, 4.69) is 45.5 Å². The first-order valence-corrected chi connectivity index (χ1v) is 10.1. The molecule has 0 fully saturated rings. The van der Waals surface area contributed by atoms with Crippen molar-refractivity contribution in [3.8, 4) is 11.5 Å². The maximum Gasteiger partial charge on any atom is 0.127 e. The lowest BCUT2D eigenvalue weighted by Gasteiger charge is -2.05. The minimum atomic E-state index is 0.815. The van der Waals surface area contributed by atoms with E-state index >= 15 is 0 Å². The third-order valence-corrected chi connectivity index (χ3v) is 4.96. The van der Waals surface area contributed by atoms with E-state index in [1.54, 1.807) is 0 Å². The number of aromatic nitrogens is 3. The molecule has 0 amide bonds. The fourth-order valence-corrected chi connectivity index (χ4v) is 3.33. The van der Waals surface area contributed by atoms with Crippen molar-refractivity contribution in [2.75, 3.05) is 0 Å². The van der Waals surface area contributed by atoms with Crippen molar-refractivity contribution in [3.05, 3.63) is 114 Å². The normalized spacial score (nSPS) is 11.6.